The molecular formula is C16H18ClN3O2S. The van der Waals surface area contributed by atoms with Gasteiger partial charge >= 0.3 is 6.03 Å². The first-order valence-corrected chi connectivity index (χ1v) is 8.78. The maximum atomic E-state index is 12.7. The number of nitrogens with one attached hydrogen (secondary N) is 1. The molecule has 5 nitrogen and oxygen atoms in total. The number of halogens is 1. The van der Waals surface area contributed by atoms with Crippen LogP contribution in [0.4, 0.5) is 10.5 Å². The van der Waals surface area contributed by atoms with E-state index in [4.69, 9.17) is 16.3 Å². The first kappa shape index (κ1) is 16.2. The molecule has 1 aliphatic rings. The summed E-state index contributed by atoms with van der Waals surface area (Å²) in [4.78, 5) is 19.5. The Morgan fingerprint density at radius 1 is 1.48 bits per heavy atom. The molecule has 1 aliphatic heterocycles. The van der Waals surface area contributed by atoms with Crippen molar-refractivity contribution in [2.45, 2.75) is 25.5 Å². The van der Waals surface area contributed by atoms with E-state index < -0.39 is 0 Å². The molecule has 2 aromatic rings. The molecule has 1 N–H and O–H groups in total. The van der Waals surface area contributed by atoms with Gasteiger partial charge < -0.3 is 15.0 Å². The average molecular weight is 352 g/mol. The number of ether oxygens (including phenoxy) is 1. The number of carbonyl (C=O) groups is 1. The second-order valence-electron chi connectivity index (χ2n) is 5.37. The summed E-state index contributed by atoms with van der Waals surface area (Å²) in [5.41, 5.74) is 0.516. The highest BCUT2D eigenvalue weighted by molar-refractivity contribution is 7.09. The van der Waals surface area contributed by atoms with Crippen LogP contribution in [-0.4, -0.2) is 35.2 Å². The Bertz CT molecular complexity index is 645. The standard InChI is InChI=1S/C16H18ClN3O2S/c17-15-14(6-1-7-18-15)19-16(21)20(10-12-4-2-8-22-12)11-13-5-3-9-23-13/h1,3,5-7,9,12H,2,4,8,10-11H2,(H,19,21)/t12-/m1/s1. The minimum Gasteiger partial charge on any atom is -0.376 e. The number of thiophene rings is 1. The summed E-state index contributed by atoms with van der Waals surface area (Å²) >= 11 is 7.65. The van der Waals surface area contributed by atoms with E-state index in [1.54, 1.807) is 34.6 Å². The van der Waals surface area contributed by atoms with Crippen molar-refractivity contribution in [1.29, 1.82) is 0 Å². The van der Waals surface area contributed by atoms with E-state index in [9.17, 15) is 4.79 Å². The van der Waals surface area contributed by atoms with Crippen molar-refractivity contribution in [3.8, 4) is 0 Å². The van der Waals surface area contributed by atoms with Crippen LogP contribution in [0.3, 0.4) is 0 Å². The molecule has 3 rings (SSSR count). The molecular weight excluding hydrogens is 334 g/mol. The fourth-order valence-corrected chi connectivity index (χ4v) is 3.40. The summed E-state index contributed by atoms with van der Waals surface area (Å²) in [7, 11) is 0. The summed E-state index contributed by atoms with van der Waals surface area (Å²) in [6.07, 6.45) is 3.73. The zero-order chi connectivity index (χ0) is 16.1. The summed E-state index contributed by atoms with van der Waals surface area (Å²) < 4.78 is 5.67. The molecule has 0 unspecified atom stereocenters. The molecule has 0 radical (unpaired) electrons. The Morgan fingerprint density at radius 3 is 3.09 bits per heavy atom. The van der Waals surface area contributed by atoms with Gasteiger partial charge in [0.05, 0.1) is 18.3 Å². The zero-order valence-corrected chi connectivity index (χ0v) is 14.1. The number of carbonyl (C=O) groups excluding carboxylic acids is 1. The van der Waals surface area contributed by atoms with Gasteiger partial charge in [-0.3, -0.25) is 0 Å². The molecule has 23 heavy (non-hydrogen) atoms. The van der Waals surface area contributed by atoms with Crippen LogP contribution in [0.5, 0.6) is 0 Å². The molecule has 1 fully saturated rings. The lowest BCUT2D eigenvalue weighted by Crippen LogP contribution is -2.39. The van der Waals surface area contributed by atoms with Gasteiger partial charge in [0.25, 0.3) is 0 Å². The second-order valence-corrected chi connectivity index (χ2v) is 6.76. The zero-order valence-electron chi connectivity index (χ0n) is 12.6. The quantitative estimate of drug-likeness (QED) is 0.828. The molecule has 7 heteroatoms. The van der Waals surface area contributed by atoms with Crippen molar-refractivity contribution in [3.63, 3.8) is 0 Å². The fraction of sp³-hybridized carbons (Fsp3) is 0.375. The van der Waals surface area contributed by atoms with Gasteiger partial charge in [-0.15, -0.1) is 11.3 Å². The highest BCUT2D eigenvalue weighted by atomic mass is 35.5. The van der Waals surface area contributed by atoms with Gasteiger partial charge in [-0.1, -0.05) is 17.7 Å². The largest absolute Gasteiger partial charge is 0.376 e. The molecule has 0 aromatic carbocycles. The average Bonchev–Trinajstić information content (AvgIpc) is 3.22. The van der Waals surface area contributed by atoms with E-state index in [1.165, 1.54) is 0 Å². The topological polar surface area (TPSA) is 54.5 Å². The van der Waals surface area contributed by atoms with Crippen molar-refractivity contribution in [1.82, 2.24) is 9.88 Å². The van der Waals surface area contributed by atoms with Crippen molar-refractivity contribution < 1.29 is 9.53 Å². The fourth-order valence-electron chi connectivity index (χ4n) is 2.52. The highest BCUT2D eigenvalue weighted by Gasteiger charge is 2.23. The Balaban J connectivity index is 1.70. The van der Waals surface area contributed by atoms with Crippen LogP contribution in [0, 0.1) is 0 Å². The normalized spacial score (nSPS) is 17.2. The third kappa shape index (κ3) is 4.43. The SMILES string of the molecule is O=C(Nc1cccnc1Cl)N(Cc1cccs1)C[C@H]1CCCO1. The van der Waals surface area contributed by atoms with Gasteiger partial charge in [0.15, 0.2) is 5.15 Å². The number of hydrogen-bond acceptors (Lipinski definition) is 4. The second kappa shape index (κ2) is 7.77. The third-order valence-electron chi connectivity index (χ3n) is 3.66. The van der Waals surface area contributed by atoms with Crippen molar-refractivity contribution in [2.24, 2.45) is 0 Å². The molecule has 1 saturated heterocycles. The van der Waals surface area contributed by atoms with Crippen molar-refractivity contribution in [3.05, 3.63) is 45.9 Å². The van der Waals surface area contributed by atoms with Crippen LogP contribution in [0.25, 0.3) is 0 Å². The Labute approximate surface area is 144 Å². The maximum absolute atomic E-state index is 12.7. The minimum atomic E-state index is -0.191. The molecule has 122 valence electrons. The molecule has 0 saturated carbocycles. The van der Waals surface area contributed by atoms with Crippen LogP contribution < -0.4 is 5.32 Å². The van der Waals surface area contributed by atoms with E-state index in [2.05, 4.69) is 10.3 Å². The summed E-state index contributed by atoms with van der Waals surface area (Å²) in [5, 5.41) is 5.13. The highest BCUT2D eigenvalue weighted by Crippen LogP contribution is 2.21. The van der Waals surface area contributed by atoms with E-state index in [0.29, 0.717) is 18.8 Å². The number of aromatic nitrogens is 1. The van der Waals surface area contributed by atoms with Crippen LogP contribution >= 0.6 is 22.9 Å². The molecule has 3 heterocycles. The van der Waals surface area contributed by atoms with Crippen LogP contribution in [0.2, 0.25) is 5.15 Å². The first-order chi connectivity index (χ1) is 11.2. The Morgan fingerprint density at radius 2 is 2.39 bits per heavy atom. The first-order valence-electron chi connectivity index (χ1n) is 7.53. The molecule has 0 spiro atoms. The van der Waals surface area contributed by atoms with Crippen LogP contribution in [-0.2, 0) is 11.3 Å². The van der Waals surface area contributed by atoms with Gasteiger partial charge in [0, 0.05) is 24.2 Å². The van der Waals surface area contributed by atoms with E-state index >= 15 is 0 Å². The number of urea groups is 1. The predicted octanol–water partition coefficient (Wildman–Crippen LogP) is 4.01. The Kier molecular flexibility index (Phi) is 5.48. The predicted molar refractivity (Wildman–Crippen MR) is 92.0 cm³/mol. The van der Waals surface area contributed by atoms with Crippen LogP contribution in [0.15, 0.2) is 35.8 Å². The third-order valence-corrected chi connectivity index (χ3v) is 4.83. The molecule has 0 bridgehead atoms. The maximum Gasteiger partial charge on any atom is 0.322 e. The smallest absolute Gasteiger partial charge is 0.322 e. The van der Waals surface area contributed by atoms with E-state index in [-0.39, 0.29) is 17.3 Å². The number of amides is 2. The van der Waals surface area contributed by atoms with Crippen molar-refractivity contribution >= 4 is 34.7 Å². The molecule has 0 aliphatic carbocycles. The lowest BCUT2D eigenvalue weighted by Gasteiger charge is -2.25. The molecule has 2 aromatic heterocycles. The monoisotopic (exact) mass is 351 g/mol. The van der Waals surface area contributed by atoms with E-state index in [1.807, 2.05) is 17.5 Å². The summed E-state index contributed by atoms with van der Waals surface area (Å²) in [6, 6.07) is 7.30. The van der Waals surface area contributed by atoms with Crippen LogP contribution in [0.1, 0.15) is 17.7 Å². The van der Waals surface area contributed by atoms with Gasteiger partial charge in [-0.05, 0) is 36.4 Å². The Hall–Kier alpha value is -1.63. The molecule has 1 atom stereocenters. The minimum absolute atomic E-state index is 0.102. The summed E-state index contributed by atoms with van der Waals surface area (Å²) in [5.74, 6) is 0. The molecule has 2 amide bonds. The number of pyridine rings is 1. The number of nitrogens with zero attached hydrogens (tertiary/aromatic N) is 2. The van der Waals surface area contributed by atoms with Gasteiger partial charge in [-0.25, -0.2) is 9.78 Å². The van der Waals surface area contributed by atoms with Gasteiger partial charge in [0.2, 0.25) is 0 Å². The van der Waals surface area contributed by atoms with Gasteiger partial charge in [0.1, 0.15) is 0 Å². The summed E-state index contributed by atoms with van der Waals surface area (Å²) in [6.45, 7) is 1.90. The van der Waals surface area contributed by atoms with Gasteiger partial charge in [-0.2, -0.15) is 0 Å². The van der Waals surface area contributed by atoms with Crippen molar-refractivity contribution in [2.75, 3.05) is 18.5 Å². The van der Waals surface area contributed by atoms with E-state index in [0.717, 1.165) is 24.3 Å². The number of hydrogen-bond donors (Lipinski definition) is 1. The lowest BCUT2D eigenvalue weighted by molar-refractivity contribution is 0.0821. The number of rotatable bonds is 5. The number of anilines is 1. The lowest BCUT2D eigenvalue weighted by atomic mass is 10.2.